The van der Waals surface area contributed by atoms with Gasteiger partial charge < -0.3 is 4.74 Å². The summed E-state index contributed by atoms with van der Waals surface area (Å²) in [5.41, 5.74) is -3.78. The van der Waals surface area contributed by atoms with Crippen LogP contribution in [0.2, 0.25) is 0 Å². The molecule has 0 spiro atoms. The Labute approximate surface area is 94.8 Å². The highest BCUT2D eigenvalue weighted by Gasteiger charge is 2.30. The Bertz CT molecular complexity index is 352. The summed E-state index contributed by atoms with van der Waals surface area (Å²) in [5, 5.41) is 0. The number of carbonyl (C=O) groups excluding carboxylic acids is 1. The van der Waals surface area contributed by atoms with Gasteiger partial charge in [0, 0.05) is 11.3 Å². The molecular weight excluding hydrogens is 241 g/mol. The molecule has 0 unspecified atom stereocenters. The molecule has 0 aliphatic carbocycles. The number of hydrogen-bond acceptors (Lipinski definition) is 3. The van der Waals surface area contributed by atoms with Crippen LogP contribution in [0.15, 0.2) is 29.2 Å². The molecule has 0 radical (unpaired) electrons. The average Bonchev–Trinajstić information content (AvgIpc) is 2.19. The summed E-state index contributed by atoms with van der Waals surface area (Å²) in [6, 6.07) is 6.17. The van der Waals surface area contributed by atoms with Gasteiger partial charge in [-0.15, -0.1) is 0 Å². The van der Waals surface area contributed by atoms with E-state index >= 15 is 0 Å². The van der Waals surface area contributed by atoms with Crippen LogP contribution in [0.3, 0.4) is 0 Å². The van der Waals surface area contributed by atoms with E-state index in [1.807, 2.05) is 0 Å². The van der Waals surface area contributed by atoms with Crippen molar-refractivity contribution >= 4 is 18.2 Å². The largest absolute Gasteiger partial charge is 0.468 e. The van der Waals surface area contributed by atoms with Crippen molar-refractivity contribution in [3.63, 3.8) is 0 Å². The van der Waals surface area contributed by atoms with Gasteiger partial charge in [-0.3, -0.25) is 4.79 Å². The molecule has 0 amide bonds. The standard InChI is InChI=1S/C10H9F3O2S/c11-10(12,13)16-9-4-2-1-3-8(9)5-6-15-7-14/h1-4,7H,5-6H2. The fraction of sp³-hybridized carbons (Fsp3) is 0.300. The van der Waals surface area contributed by atoms with E-state index in [4.69, 9.17) is 0 Å². The van der Waals surface area contributed by atoms with Gasteiger partial charge in [0.25, 0.3) is 6.47 Å². The molecule has 0 saturated heterocycles. The first-order valence-electron chi connectivity index (χ1n) is 4.42. The third-order valence-corrected chi connectivity index (χ3v) is 2.61. The fourth-order valence-electron chi connectivity index (χ4n) is 1.15. The van der Waals surface area contributed by atoms with Gasteiger partial charge in [-0.25, -0.2) is 0 Å². The molecule has 88 valence electrons. The smallest absolute Gasteiger partial charge is 0.446 e. The van der Waals surface area contributed by atoms with Gasteiger partial charge in [-0.2, -0.15) is 13.2 Å². The Morgan fingerprint density at radius 2 is 2.00 bits per heavy atom. The van der Waals surface area contributed by atoms with E-state index in [0.29, 0.717) is 5.56 Å². The predicted molar refractivity (Wildman–Crippen MR) is 54.1 cm³/mol. The summed E-state index contributed by atoms with van der Waals surface area (Å²) < 4.78 is 41.0. The third-order valence-electron chi connectivity index (χ3n) is 1.76. The van der Waals surface area contributed by atoms with E-state index in [1.54, 1.807) is 12.1 Å². The number of rotatable bonds is 5. The van der Waals surface area contributed by atoms with E-state index in [-0.39, 0.29) is 36.2 Å². The maximum absolute atomic E-state index is 12.2. The Hall–Kier alpha value is -1.17. The molecule has 1 aromatic carbocycles. The summed E-state index contributed by atoms with van der Waals surface area (Å²) in [5.74, 6) is 0. The zero-order chi connectivity index (χ0) is 12.0. The lowest BCUT2D eigenvalue weighted by atomic mass is 10.2. The minimum Gasteiger partial charge on any atom is -0.468 e. The Morgan fingerprint density at radius 1 is 1.31 bits per heavy atom. The van der Waals surface area contributed by atoms with E-state index in [2.05, 4.69) is 4.74 Å². The van der Waals surface area contributed by atoms with Crippen molar-refractivity contribution in [3.8, 4) is 0 Å². The average molecular weight is 250 g/mol. The summed E-state index contributed by atoms with van der Waals surface area (Å²) in [7, 11) is 0. The molecule has 0 aromatic heterocycles. The van der Waals surface area contributed by atoms with E-state index in [9.17, 15) is 18.0 Å². The summed E-state index contributed by atoms with van der Waals surface area (Å²) in [4.78, 5) is 10.0. The molecule has 0 aliphatic heterocycles. The van der Waals surface area contributed by atoms with Crippen molar-refractivity contribution in [2.24, 2.45) is 0 Å². The lowest BCUT2D eigenvalue weighted by Crippen LogP contribution is -2.03. The van der Waals surface area contributed by atoms with Crippen molar-refractivity contribution in [1.29, 1.82) is 0 Å². The number of thioether (sulfide) groups is 1. The minimum absolute atomic E-state index is 0.0823. The Balaban J connectivity index is 2.71. The highest BCUT2D eigenvalue weighted by Crippen LogP contribution is 2.38. The van der Waals surface area contributed by atoms with Crippen LogP contribution in [0.5, 0.6) is 0 Å². The number of hydrogen-bond donors (Lipinski definition) is 0. The molecule has 0 saturated carbocycles. The molecule has 0 heterocycles. The molecule has 0 aliphatic rings. The van der Waals surface area contributed by atoms with Gasteiger partial charge in [-0.05, 0) is 23.4 Å². The zero-order valence-electron chi connectivity index (χ0n) is 8.16. The number of carbonyl (C=O) groups is 1. The maximum Gasteiger partial charge on any atom is 0.446 e. The minimum atomic E-state index is -4.30. The summed E-state index contributed by atoms with van der Waals surface area (Å²) >= 11 is -0.158. The normalized spacial score (nSPS) is 11.2. The Kier molecular flexibility index (Phi) is 4.67. The van der Waals surface area contributed by atoms with Crippen LogP contribution in [0.25, 0.3) is 0 Å². The lowest BCUT2D eigenvalue weighted by Gasteiger charge is -2.10. The van der Waals surface area contributed by atoms with E-state index in [0.717, 1.165) is 0 Å². The lowest BCUT2D eigenvalue weighted by molar-refractivity contribution is -0.128. The van der Waals surface area contributed by atoms with E-state index in [1.165, 1.54) is 12.1 Å². The zero-order valence-corrected chi connectivity index (χ0v) is 8.98. The predicted octanol–water partition coefficient (Wildman–Crippen LogP) is 3.01. The van der Waals surface area contributed by atoms with Crippen molar-refractivity contribution < 1.29 is 22.7 Å². The maximum atomic E-state index is 12.2. The summed E-state index contributed by atoms with van der Waals surface area (Å²) in [6.45, 7) is 0.360. The molecule has 2 nitrogen and oxygen atoms in total. The molecular formula is C10H9F3O2S. The molecule has 1 aromatic rings. The number of alkyl halides is 3. The quantitative estimate of drug-likeness (QED) is 0.456. The van der Waals surface area contributed by atoms with Crippen LogP contribution >= 0.6 is 11.8 Å². The second kappa shape index (κ2) is 5.79. The van der Waals surface area contributed by atoms with Crippen LogP contribution in [0, 0.1) is 0 Å². The molecule has 0 bridgehead atoms. The first kappa shape index (κ1) is 12.9. The summed E-state index contributed by atoms with van der Waals surface area (Å²) in [6.07, 6.45) is 0.276. The second-order valence-corrected chi connectivity index (χ2v) is 3.98. The van der Waals surface area contributed by atoms with Gasteiger partial charge in [0.2, 0.25) is 0 Å². The highest BCUT2D eigenvalue weighted by atomic mass is 32.2. The molecule has 16 heavy (non-hydrogen) atoms. The van der Waals surface area contributed by atoms with Crippen LogP contribution in [-0.4, -0.2) is 18.6 Å². The molecule has 0 fully saturated rings. The first-order chi connectivity index (χ1) is 7.53. The van der Waals surface area contributed by atoms with Gasteiger partial charge in [-0.1, -0.05) is 18.2 Å². The van der Waals surface area contributed by atoms with Crippen LogP contribution in [0.1, 0.15) is 5.56 Å². The van der Waals surface area contributed by atoms with Crippen molar-refractivity contribution in [3.05, 3.63) is 29.8 Å². The van der Waals surface area contributed by atoms with Crippen LogP contribution in [0.4, 0.5) is 13.2 Å². The van der Waals surface area contributed by atoms with Gasteiger partial charge in [0.1, 0.15) is 0 Å². The van der Waals surface area contributed by atoms with Crippen molar-refractivity contribution in [2.45, 2.75) is 16.8 Å². The SMILES string of the molecule is O=COCCc1ccccc1SC(F)(F)F. The molecule has 1 rings (SSSR count). The second-order valence-electron chi connectivity index (χ2n) is 2.87. The van der Waals surface area contributed by atoms with Gasteiger partial charge in [0.15, 0.2) is 0 Å². The fourth-order valence-corrected chi connectivity index (χ4v) is 1.85. The van der Waals surface area contributed by atoms with Crippen LogP contribution in [-0.2, 0) is 16.0 Å². The Morgan fingerprint density at radius 3 is 2.62 bits per heavy atom. The van der Waals surface area contributed by atoms with Gasteiger partial charge in [0.05, 0.1) is 6.61 Å². The molecule has 0 N–H and O–H groups in total. The van der Waals surface area contributed by atoms with Gasteiger partial charge >= 0.3 is 5.51 Å². The highest BCUT2D eigenvalue weighted by molar-refractivity contribution is 8.00. The molecule has 6 heteroatoms. The van der Waals surface area contributed by atoms with Crippen molar-refractivity contribution in [2.75, 3.05) is 6.61 Å². The third kappa shape index (κ3) is 4.57. The number of benzene rings is 1. The topological polar surface area (TPSA) is 26.3 Å². The molecule has 0 atom stereocenters. The monoisotopic (exact) mass is 250 g/mol. The van der Waals surface area contributed by atoms with E-state index < -0.39 is 5.51 Å². The van der Waals surface area contributed by atoms with Crippen molar-refractivity contribution in [1.82, 2.24) is 0 Å². The van der Waals surface area contributed by atoms with Crippen LogP contribution < -0.4 is 0 Å². The number of halogens is 3. The number of ether oxygens (including phenoxy) is 1. The first-order valence-corrected chi connectivity index (χ1v) is 5.23.